The van der Waals surface area contributed by atoms with E-state index >= 15 is 0 Å². The Bertz CT molecular complexity index is 1460. The molecule has 2 aliphatic heterocycles. The third kappa shape index (κ3) is 4.61. The molecule has 1 fully saturated rings. The van der Waals surface area contributed by atoms with Crippen LogP contribution in [0.2, 0.25) is 0 Å². The Morgan fingerprint density at radius 3 is 2.31 bits per heavy atom. The Hall–Kier alpha value is -3.42. The first-order valence-corrected chi connectivity index (χ1v) is 13.5. The van der Waals surface area contributed by atoms with Crippen molar-refractivity contribution in [3.63, 3.8) is 0 Å². The summed E-state index contributed by atoms with van der Waals surface area (Å²) in [5.41, 5.74) is 0.229. The molecule has 2 aromatic carbocycles. The molecule has 184 valence electrons. The van der Waals surface area contributed by atoms with Crippen LogP contribution in [-0.2, 0) is 33.7 Å². The van der Waals surface area contributed by atoms with Crippen LogP contribution in [0.4, 0.5) is 0 Å². The summed E-state index contributed by atoms with van der Waals surface area (Å²) in [7, 11) is -8.49. The molecule has 1 atom stereocenters. The molecule has 1 N–H and O–H groups in total. The van der Waals surface area contributed by atoms with Crippen molar-refractivity contribution in [2.45, 2.75) is 35.6 Å². The molecule has 0 aliphatic carbocycles. The number of sulfone groups is 1. The number of benzene rings is 2. The average Bonchev–Trinajstić information content (AvgIpc) is 3.04. The number of piperidine rings is 1. The number of aryl methyl sites for hydroxylation is 1. The van der Waals surface area contributed by atoms with E-state index in [0.717, 1.165) is 11.6 Å². The molecule has 2 aromatic rings. The number of imide groups is 2. The second-order valence-corrected chi connectivity index (χ2v) is 11.7. The first-order valence-electron chi connectivity index (χ1n) is 10.5. The van der Waals surface area contributed by atoms with Crippen molar-refractivity contribution in [3.8, 4) is 0 Å². The predicted molar refractivity (Wildman–Crippen MR) is 119 cm³/mol. The van der Waals surface area contributed by atoms with Gasteiger partial charge in [-0.3, -0.25) is 33.6 Å². The van der Waals surface area contributed by atoms with Gasteiger partial charge in [0.1, 0.15) is 6.04 Å². The third-order valence-electron chi connectivity index (χ3n) is 5.67. The molecule has 4 amide bonds. The van der Waals surface area contributed by atoms with E-state index in [9.17, 15) is 36.0 Å². The lowest BCUT2D eigenvalue weighted by Crippen LogP contribution is -2.54. The highest BCUT2D eigenvalue weighted by Crippen LogP contribution is 2.32. The normalized spacial score (nSPS) is 18.5. The van der Waals surface area contributed by atoms with Gasteiger partial charge in [0, 0.05) is 6.42 Å². The summed E-state index contributed by atoms with van der Waals surface area (Å²) in [5.74, 6) is -3.97. The van der Waals surface area contributed by atoms with Gasteiger partial charge < -0.3 is 0 Å². The van der Waals surface area contributed by atoms with E-state index < -0.39 is 72.4 Å². The van der Waals surface area contributed by atoms with Crippen molar-refractivity contribution in [3.05, 3.63) is 59.2 Å². The van der Waals surface area contributed by atoms with Gasteiger partial charge in [0.05, 0.1) is 33.3 Å². The number of fused-ring (bicyclic) bond motifs is 1. The van der Waals surface area contributed by atoms with Gasteiger partial charge >= 0.3 is 0 Å². The molecule has 0 spiro atoms. The van der Waals surface area contributed by atoms with Crippen LogP contribution in [0.3, 0.4) is 0 Å². The largest absolute Gasteiger partial charge is 0.297 e. The van der Waals surface area contributed by atoms with E-state index in [1.54, 1.807) is 19.1 Å². The maximum absolute atomic E-state index is 13.1. The maximum atomic E-state index is 13.1. The van der Waals surface area contributed by atoms with Crippen LogP contribution in [0.15, 0.2) is 52.3 Å². The second-order valence-electron chi connectivity index (χ2n) is 8.03. The average molecular weight is 521 g/mol. The fourth-order valence-corrected chi connectivity index (χ4v) is 6.21. The van der Waals surface area contributed by atoms with E-state index in [0.29, 0.717) is 4.90 Å². The topological polar surface area (TPSA) is 161 Å². The van der Waals surface area contributed by atoms with Crippen LogP contribution in [0.5, 0.6) is 0 Å². The Morgan fingerprint density at radius 1 is 0.971 bits per heavy atom. The van der Waals surface area contributed by atoms with Gasteiger partial charge in [0.25, 0.3) is 21.9 Å². The molecule has 0 bridgehead atoms. The Kier molecular flexibility index (Phi) is 6.34. The fourth-order valence-electron chi connectivity index (χ4n) is 3.88. The minimum absolute atomic E-state index is 0.0804. The quantitative estimate of drug-likeness (QED) is 0.406. The first-order chi connectivity index (χ1) is 16.4. The summed E-state index contributed by atoms with van der Waals surface area (Å²) >= 11 is 0. The number of carbonyl (C=O) groups is 4. The third-order valence-corrected chi connectivity index (χ3v) is 8.71. The standard InChI is InChI=1S/C22H20N2O9S2/c1-13-5-7-14(8-6-13)35(31,32)33-11-12-34(29,30)17-4-2-3-15-19(17)22(28)24(21(15)27)16-9-10-18(25)23-20(16)26/h2-8,16H,9-12H2,1H3,(H,23,25,26). The Balaban J connectivity index is 1.56. The molecule has 0 saturated carbocycles. The predicted octanol–water partition coefficient (Wildman–Crippen LogP) is 0.575. The van der Waals surface area contributed by atoms with E-state index in [1.807, 2.05) is 0 Å². The number of carbonyl (C=O) groups excluding carboxylic acids is 4. The lowest BCUT2D eigenvalue weighted by Gasteiger charge is -2.27. The minimum Gasteiger partial charge on any atom is -0.295 e. The zero-order valence-electron chi connectivity index (χ0n) is 18.4. The van der Waals surface area contributed by atoms with Crippen LogP contribution in [0, 0.1) is 6.92 Å². The molecule has 13 heteroatoms. The molecule has 35 heavy (non-hydrogen) atoms. The molecule has 1 saturated heterocycles. The van der Waals surface area contributed by atoms with E-state index in [-0.39, 0.29) is 23.3 Å². The summed E-state index contributed by atoms with van der Waals surface area (Å²) in [6.07, 6.45) is -0.162. The van der Waals surface area contributed by atoms with E-state index in [2.05, 4.69) is 5.32 Å². The zero-order valence-corrected chi connectivity index (χ0v) is 20.0. The summed E-state index contributed by atoms with van der Waals surface area (Å²) in [5, 5.41) is 2.06. The molecule has 11 nitrogen and oxygen atoms in total. The van der Waals surface area contributed by atoms with Crippen molar-refractivity contribution in [1.82, 2.24) is 10.2 Å². The summed E-state index contributed by atoms with van der Waals surface area (Å²) in [6, 6.07) is 8.20. The first kappa shape index (κ1) is 24.7. The van der Waals surface area contributed by atoms with Crippen molar-refractivity contribution in [2.75, 3.05) is 12.4 Å². The van der Waals surface area contributed by atoms with Crippen molar-refractivity contribution in [2.24, 2.45) is 0 Å². The monoisotopic (exact) mass is 520 g/mol. The highest BCUT2D eigenvalue weighted by Gasteiger charge is 2.46. The number of nitrogens with zero attached hydrogens (tertiary/aromatic N) is 1. The van der Waals surface area contributed by atoms with Gasteiger partial charge in [0.15, 0.2) is 9.84 Å². The van der Waals surface area contributed by atoms with Gasteiger partial charge in [-0.25, -0.2) is 8.42 Å². The smallest absolute Gasteiger partial charge is 0.295 e. The highest BCUT2D eigenvalue weighted by molar-refractivity contribution is 7.91. The Labute approximate surface area is 201 Å². The molecular weight excluding hydrogens is 500 g/mol. The summed E-state index contributed by atoms with van der Waals surface area (Å²) in [6.45, 7) is 1.05. The number of amides is 4. The maximum Gasteiger partial charge on any atom is 0.297 e. The minimum atomic E-state index is -4.27. The lowest BCUT2D eigenvalue weighted by molar-refractivity contribution is -0.136. The van der Waals surface area contributed by atoms with Crippen molar-refractivity contribution >= 4 is 43.6 Å². The van der Waals surface area contributed by atoms with Crippen LogP contribution in [0.25, 0.3) is 0 Å². The molecule has 1 unspecified atom stereocenters. The fraction of sp³-hybridized carbons (Fsp3) is 0.273. The Morgan fingerprint density at radius 2 is 1.66 bits per heavy atom. The second kappa shape index (κ2) is 8.98. The molecule has 2 aliphatic rings. The SMILES string of the molecule is Cc1ccc(S(=O)(=O)OCCS(=O)(=O)c2cccc3c2C(=O)N(C2CCC(=O)NC2=O)C3=O)cc1. The summed E-state index contributed by atoms with van der Waals surface area (Å²) < 4.78 is 55.6. The van der Waals surface area contributed by atoms with Crippen LogP contribution >= 0.6 is 0 Å². The molecule has 2 heterocycles. The van der Waals surface area contributed by atoms with Crippen molar-refractivity contribution < 1.29 is 40.2 Å². The van der Waals surface area contributed by atoms with Gasteiger partial charge in [-0.1, -0.05) is 23.8 Å². The number of nitrogens with one attached hydrogen (secondary N) is 1. The number of hydrogen-bond acceptors (Lipinski definition) is 9. The number of rotatable bonds is 7. The zero-order chi connectivity index (χ0) is 25.5. The van der Waals surface area contributed by atoms with E-state index in [4.69, 9.17) is 4.18 Å². The van der Waals surface area contributed by atoms with Gasteiger partial charge in [-0.15, -0.1) is 0 Å². The van der Waals surface area contributed by atoms with Crippen LogP contribution < -0.4 is 5.32 Å². The molecule has 4 rings (SSSR count). The summed E-state index contributed by atoms with van der Waals surface area (Å²) in [4.78, 5) is 49.7. The lowest BCUT2D eigenvalue weighted by atomic mass is 10.0. The molecule has 0 radical (unpaired) electrons. The molecular formula is C22H20N2O9S2. The highest BCUT2D eigenvalue weighted by atomic mass is 32.2. The van der Waals surface area contributed by atoms with Gasteiger partial charge in [0.2, 0.25) is 11.8 Å². The van der Waals surface area contributed by atoms with Gasteiger partial charge in [-0.2, -0.15) is 8.42 Å². The van der Waals surface area contributed by atoms with Gasteiger partial charge in [-0.05, 0) is 37.6 Å². The molecule has 0 aromatic heterocycles. The van der Waals surface area contributed by atoms with Crippen LogP contribution in [0.1, 0.15) is 39.1 Å². The number of hydrogen-bond donors (Lipinski definition) is 1. The van der Waals surface area contributed by atoms with Crippen molar-refractivity contribution in [1.29, 1.82) is 0 Å². The van der Waals surface area contributed by atoms with Crippen LogP contribution in [-0.4, -0.2) is 63.8 Å². The van der Waals surface area contributed by atoms with E-state index in [1.165, 1.54) is 24.3 Å².